The van der Waals surface area contributed by atoms with E-state index in [1.54, 1.807) is 0 Å². The molecule has 0 saturated heterocycles. The second kappa shape index (κ2) is 4.99. The first kappa shape index (κ1) is 13.9. The van der Waals surface area contributed by atoms with Crippen LogP contribution in [0.4, 0.5) is 0 Å². The molecule has 5 heteroatoms. The molecule has 2 aliphatic carbocycles. The van der Waals surface area contributed by atoms with Crippen molar-refractivity contribution < 1.29 is 0 Å². The highest BCUT2D eigenvalue weighted by atomic mass is 79.9. The molecule has 2 saturated carbocycles. The van der Waals surface area contributed by atoms with Crippen molar-refractivity contribution in [3.8, 4) is 0 Å². The van der Waals surface area contributed by atoms with Crippen molar-refractivity contribution in [2.75, 3.05) is 0 Å². The van der Waals surface area contributed by atoms with Crippen LogP contribution >= 0.6 is 39.0 Å². The van der Waals surface area contributed by atoms with Crippen molar-refractivity contribution in [1.82, 2.24) is 4.98 Å². The summed E-state index contributed by atoms with van der Waals surface area (Å²) in [4.78, 5) is 16.4. The zero-order chi connectivity index (χ0) is 14.8. The predicted molar refractivity (Wildman–Crippen MR) is 94.9 cm³/mol. The van der Waals surface area contributed by atoms with Crippen molar-refractivity contribution in [2.45, 2.75) is 35.5 Å². The summed E-state index contributed by atoms with van der Waals surface area (Å²) in [7, 11) is 0. The summed E-state index contributed by atoms with van der Waals surface area (Å²) in [5.41, 5.74) is 1.38. The Balaban J connectivity index is 1.68. The third-order valence-corrected chi connectivity index (χ3v) is 8.85. The minimum Gasteiger partial charge on any atom is -0.307 e. The van der Waals surface area contributed by atoms with E-state index in [-0.39, 0.29) is 4.87 Å². The minimum absolute atomic E-state index is 0.104. The molecule has 5 rings (SSSR count). The standard InChI is InChI=1S/C17H16BrNOS2/c18-11-5-3-8(4-6-11)12-13-9-1-2-10(7-9)14(13)21-16-15(12)22-17(20)19-16/h3-6,9-10,12-14H,1-2,7H2,(H,19,20)/t9?,10?,12-,13?,14?/m1/s1. The third-order valence-electron chi connectivity index (χ3n) is 5.69. The van der Waals surface area contributed by atoms with E-state index in [0.29, 0.717) is 17.1 Å². The monoisotopic (exact) mass is 393 g/mol. The Hall–Kier alpha value is -0.520. The van der Waals surface area contributed by atoms with Crippen LogP contribution in [-0.4, -0.2) is 10.2 Å². The average molecular weight is 394 g/mol. The van der Waals surface area contributed by atoms with Crippen molar-refractivity contribution in [2.24, 2.45) is 17.8 Å². The van der Waals surface area contributed by atoms with Crippen molar-refractivity contribution in [3.63, 3.8) is 0 Å². The fraction of sp³-hybridized carbons (Fsp3) is 0.471. The highest BCUT2D eigenvalue weighted by Crippen LogP contribution is 2.63. The lowest BCUT2D eigenvalue weighted by atomic mass is 9.75. The smallest absolute Gasteiger partial charge is 0.305 e. The Kier molecular flexibility index (Phi) is 3.15. The molecule has 5 atom stereocenters. The van der Waals surface area contributed by atoms with Crippen LogP contribution < -0.4 is 4.87 Å². The third kappa shape index (κ3) is 1.95. The molecule has 0 spiro atoms. The second-order valence-electron chi connectivity index (χ2n) is 6.73. The van der Waals surface area contributed by atoms with Crippen LogP contribution in [0.15, 0.2) is 38.6 Å². The van der Waals surface area contributed by atoms with E-state index in [4.69, 9.17) is 0 Å². The Morgan fingerprint density at radius 1 is 1.14 bits per heavy atom. The first-order chi connectivity index (χ1) is 10.7. The molecule has 0 amide bonds. The van der Waals surface area contributed by atoms with E-state index < -0.39 is 0 Å². The summed E-state index contributed by atoms with van der Waals surface area (Å²) in [5.74, 6) is 2.83. The van der Waals surface area contributed by atoms with Gasteiger partial charge < -0.3 is 4.98 Å². The maximum absolute atomic E-state index is 11.9. The highest BCUT2D eigenvalue weighted by molar-refractivity contribution is 9.10. The largest absolute Gasteiger partial charge is 0.307 e. The van der Waals surface area contributed by atoms with Gasteiger partial charge >= 0.3 is 4.87 Å². The summed E-state index contributed by atoms with van der Waals surface area (Å²) >= 11 is 6.93. The number of hydrogen-bond donors (Lipinski definition) is 1. The van der Waals surface area contributed by atoms with Crippen LogP contribution in [-0.2, 0) is 0 Å². The molecule has 3 aliphatic rings. The van der Waals surface area contributed by atoms with E-state index >= 15 is 0 Å². The normalized spacial score (nSPS) is 35.4. The highest BCUT2D eigenvalue weighted by Gasteiger charge is 2.54. The van der Waals surface area contributed by atoms with Crippen LogP contribution in [0.1, 0.15) is 35.6 Å². The van der Waals surface area contributed by atoms with Gasteiger partial charge in [-0.15, -0.1) is 11.8 Å². The molecular weight excluding hydrogens is 378 g/mol. The predicted octanol–water partition coefficient (Wildman–Crippen LogP) is 4.85. The van der Waals surface area contributed by atoms with Crippen LogP contribution in [0, 0.1) is 17.8 Å². The number of nitrogens with one attached hydrogen (secondary N) is 1. The number of benzene rings is 1. The zero-order valence-corrected chi connectivity index (χ0v) is 15.1. The van der Waals surface area contributed by atoms with Gasteiger partial charge in [0.25, 0.3) is 0 Å². The molecule has 1 N–H and O–H groups in total. The van der Waals surface area contributed by atoms with Gasteiger partial charge in [-0.3, -0.25) is 4.79 Å². The number of hydrogen-bond acceptors (Lipinski definition) is 3. The van der Waals surface area contributed by atoms with Crippen LogP contribution in [0.25, 0.3) is 0 Å². The second-order valence-corrected chi connectivity index (χ2v) is 9.85. The number of thiazole rings is 1. The fourth-order valence-corrected chi connectivity index (χ4v) is 8.05. The minimum atomic E-state index is 0.104. The molecular formula is C17H16BrNOS2. The molecule has 1 aliphatic heterocycles. The molecule has 2 nitrogen and oxygen atoms in total. The van der Waals surface area contributed by atoms with Crippen LogP contribution in [0.2, 0.25) is 0 Å². The number of thioether (sulfide) groups is 1. The lowest BCUT2D eigenvalue weighted by Gasteiger charge is -2.40. The lowest BCUT2D eigenvalue weighted by Crippen LogP contribution is -2.33. The number of H-pyrrole nitrogens is 1. The summed E-state index contributed by atoms with van der Waals surface area (Å²) in [6, 6.07) is 8.74. The van der Waals surface area contributed by atoms with Gasteiger partial charge in [0.05, 0.1) is 5.03 Å². The van der Waals surface area contributed by atoms with Crippen molar-refractivity contribution >= 4 is 39.0 Å². The fourth-order valence-electron chi connectivity index (χ4n) is 4.89. The zero-order valence-electron chi connectivity index (χ0n) is 11.9. The van der Waals surface area contributed by atoms with E-state index in [9.17, 15) is 4.79 Å². The van der Waals surface area contributed by atoms with E-state index in [1.807, 2.05) is 11.8 Å². The summed E-state index contributed by atoms with van der Waals surface area (Å²) in [6.07, 6.45) is 4.16. The molecule has 1 aromatic heterocycles. The molecule has 2 bridgehead atoms. The molecule has 2 fully saturated rings. The average Bonchev–Trinajstić information content (AvgIpc) is 3.19. The Bertz CT molecular complexity index is 781. The van der Waals surface area contributed by atoms with Gasteiger partial charge in [0, 0.05) is 20.5 Å². The number of aromatic amines is 1. The van der Waals surface area contributed by atoms with Gasteiger partial charge in [-0.1, -0.05) is 39.4 Å². The lowest BCUT2D eigenvalue weighted by molar-refractivity contribution is 0.307. The quantitative estimate of drug-likeness (QED) is 0.750. The maximum atomic E-state index is 11.9. The first-order valence-electron chi connectivity index (χ1n) is 7.86. The number of halogens is 1. The SMILES string of the molecule is O=c1[nH]c2c(s1)[C@H](c1ccc(Br)cc1)C1C3CCC(C3)C1S2. The van der Waals surface area contributed by atoms with Gasteiger partial charge in [-0.25, -0.2) is 0 Å². The van der Waals surface area contributed by atoms with Crippen molar-refractivity contribution in [1.29, 1.82) is 0 Å². The first-order valence-corrected chi connectivity index (χ1v) is 10.3. The molecule has 114 valence electrons. The maximum Gasteiger partial charge on any atom is 0.305 e. The Morgan fingerprint density at radius 3 is 2.73 bits per heavy atom. The van der Waals surface area contributed by atoms with Crippen LogP contribution in [0.5, 0.6) is 0 Å². The summed E-state index contributed by atoms with van der Waals surface area (Å²) in [6.45, 7) is 0. The number of rotatable bonds is 1. The summed E-state index contributed by atoms with van der Waals surface area (Å²) < 4.78 is 1.12. The van der Waals surface area contributed by atoms with Gasteiger partial charge in [0.15, 0.2) is 0 Å². The van der Waals surface area contributed by atoms with Gasteiger partial charge in [0.1, 0.15) is 0 Å². The number of fused-ring (bicyclic) bond motifs is 6. The molecule has 4 unspecified atom stereocenters. The van der Waals surface area contributed by atoms with Crippen molar-refractivity contribution in [3.05, 3.63) is 48.8 Å². The molecule has 0 radical (unpaired) electrons. The topological polar surface area (TPSA) is 32.9 Å². The van der Waals surface area contributed by atoms with Gasteiger partial charge in [0.2, 0.25) is 0 Å². The van der Waals surface area contributed by atoms with Crippen LogP contribution in [0.3, 0.4) is 0 Å². The number of aromatic nitrogens is 1. The Labute approximate surface area is 145 Å². The molecule has 22 heavy (non-hydrogen) atoms. The molecule has 1 aromatic carbocycles. The van der Waals surface area contributed by atoms with Gasteiger partial charge in [-0.05, 0) is 54.7 Å². The van der Waals surface area contributed by atoms with E-state index in [2.05, 4.69) is 45.2 Å². The van der Waals surface area contributed by atoms with E-state index in [1.165, 1.54) is 41.0 Å². The molecule has 2 aromatic rings. The molecule has 2 heterocycles. The Morgan fingerprint density at radius 2 is 1.91 bits per heavy atom. The van der Waals surface area contributed by atoms with Gasteiger partial charge in [-0.2, -0.15) is 0 Å². The van der Waals surface area contributed by atoms with E-state index in [0.717, 1.165) is 21.3 Å². The summed E-state index contributed by atoms with van der Waals surface area (Å²) in [5, 5.41) is 1.85.